The summed E-state index contributed by atoms with van der Waals surface area (Å²) in [6, 6.07) is 3.89. The maximum absolute atomic E-state index is 13.6. The summed E-state index contributed by atoms with van der Waals surface area (Å²) < 4.78 is 67.8. The van der Waals surface area contributed by atoms with Crippen LogP contribution in [0.1, 0.15) is 30.7 Å². The number of halogens is 3. The molecule has 8 nitrogen and oxygen atoms in total. The van der Waals surface area contributed by atoms with Crippen molar-refractivity contribution >= 4 is 43.2 Å². The van der Waals surface area contributed by atoms with E-state index >= 15 is 0 Å². The molecule has 2 atom stereocenters. The lowest BCUT2D eigenvalue weighted by atomic mass is 9.94. The van der Waals surface area contributed by atoms with Gasteiger partial charge in [-0.25, -0.2) is 13.4 Å². The molecule has 13 heteroatoms. The first-order valence-corrected chi connectivity index (χ1v) is 13.5. The second-order valence-electron chi connectivity index (χ2n) is 9.24. The van der Waals surface area contributed by atoms with Crippen LogP contribution in [0.4, 0.5) is 18.9 Å². The number of rotatable bonds is 5. The van der Waals surface area contributed by atoms with E-state index in [1.54, 1.807) is 6.92 Å². The second kappa shape index (κ2) is 9.60. The van der Waals surface area contributed by atoms with Crippen LogP contribution in [-0.4, -0.2) is 41.3 Å². The Hall–Kier alpha value is -2.77. The summed E-state index contributed by atoms with van der Waals surface area (Å²) in [4.78, 5) is 30.6. The number of hydrogen-bond acceptors (Lipinski definition) is 6. The fourth-order valence-corrected chi connectivity index (χ4v) is 7.91. The minimum absolute atomic E-state index is 0.0618. The first-order chi connectivity index (χ1) is 16.8. The van der Waals surface area contributed by atoms with Crippen LogP contribution in [0.25, 0.3) is 10.2 Å². The summed E-state index contributed by atoms with van der Waals surface area (Å²) in [5.41, 5.74) is -1.41. The normalized spacial score (nSPS) is 19.5. The summed E-state index contributed by atoms with van der Waals surface area (Å²) in [7, 11) is -3.98. The van der Waals surface area contributed by atoms with Gasteiger partial charge in [-0.05, 0) is 49.4 Å². The largest absolute Gasteiger partial charge is 0.416 e. The highest BCUT2D eigenvalue weighted by molar-refractivity contribution is 7.89. The number of fused-ring (bicyclic) bond motifs is 1. The molecular weight excluding hydrogens is 517 g/mol. The molecule has 0 aliphatic carbocycles. The molecule has 3 heterocycles. The number of nitrogens with one attached hydrogen (secondary N) is 1. The number of sulfonamides is 1. The summed E-state index contributed by atoms with van der Waals surface area (Å²) in [6.07, 6.45) is -2.43. The average Bonchev–Trinajstić information content (AvgIpc) is 3.12. The third kappa shape index (κ3) is 5.18. The van der Waals surface area contributed by atoms with Gasteiger partial charge >= 0.3 is 6.18 Å². The lowest BCUT2D eigenvalue weighted by Gasteiger charge is -2.34. The number of thiophene rings is 1. The van der Waals surface area contributed by atoms with Gasteiger partial charge < -0.3 is 5.32 Å². The highest BCUT2D eigenvalue weighted by atomic mass is 32.2. The standard InChI is InChI=1S/C23H25F3N4O4S2/c1-13-8-14(2)10-30(9-13)36(33,34)20-15(3)35-21-19(20)22(32)29(12-27-21)11-18(31)28-17-6-4-16(5-7-17)23(24,25)26/h4-7,12-14H,8-11H2,1-3H3,(H,28,31)/t13-,14+. The SMILES string of the molecule is Cc1sc2ncn(CC(=O)Nc3ccc(C(F)(F)F)cc3)c(=O)c2c1S(=O)(=O)N1C[C@H](C)C[C@H](C)C1. The van der Waals surface area contributed by atoms with Crippen LogP contribution >= 0.6 is 11.3 Å². The average molecular weight is 543 g/mol. The number of alkyl halides is 3. The van der Waals surface area contributed by atoms with E-state index in [9.17, 15) is 31.2 Å². The molecule has 1 aliphatic heterocycles. The highest BCUT2D eigenvalue weighted by Gasteiger charge is 2.36. The van der Waals surface area contributed by atoms with Gasteiger partial charge in [0.05, 0.1) is 17.3 Å². The molecule has 0 spiro atoms. The van der Waals surface area contributed by atoms with Gasteiger partial charge in [0, 0.05) is 23.7 Å². The number of carbonyl (C=O) groups is 1. The minimum atomic E-state index is -4.50. The number of piperidine rings is 1. The Morgan fingerprint density at radius 2 is 1.78 bits per heavy atom. The number of benzene rings is 1. The van der Waals surface area contributed by atoms with E-state index in [2.05, 4.69) is 10.3 Å². The van der Waals surface area contributed by atoms with Crippen molar-refractivity contribution in [3.05, 3.63) is 51.4 Å². The summed E-state index contributed by atoms with van der Waals surface area (Å²) >= 11 is 1.10. The van der Waals surface area contributed by atoms with Crippen LogP contribution in [0, 0.1) is 18.8 Å². The quantitative estimate of drug-likeness (QED) is 0.524. The van der Waals surface area contributed by atoms with Crippen LogP contribution < -0.4 is 10.9 Å². The smallest absolute Gasteiger partial charge is 0.325 e. The van der Waals surface area contributed by atoms with Crippen molar-refractivity contribution in [1.82, 2.24) is 13.9 Å². The van der Waals surface area contributed by atoms with Crippen molar-refractivity contribution in [2.45, 2.75) is 44.8 Å². The molecule has 2 aromatic heterocycles. The number of hydrogen-bond donors (Lipinski definition) is 1. The van der Waals surface area contributed by atoms with Gasteiger partial charge in [-0.2, -0.15) is 17.5 Å². The number of anilines is 1. The molecule has 0 bridgehead atoms. The molecule has 3 aromatic rings. The molecule has 1 aromatic carbocycles. The number of carbonyl (C=O) groups excluding carboxylic acids is 1. The molecule has 1 fully saturated rings. The Kier molecular flexibility index (Phi) is 7.01. The molecule has 0 saturated carbocycles. The van der Waals surface area contributed by atoms with Crippen LogP contribution in [0.5, 0.6) is 0 Å². The fraction of sp³-hybridized carbons (Fsp3) is 0.435. The molecule has 36 heavy (non-hydrogen) atoms. The van der Waals surface area contributed by atoms with Gasteiger partial charge in [-0.1, -0.05) is 13.8 Å². The predicted octanol–water partition coefficient (Wildman–Crippen LogP) is 4.09. The van der Waals surface area contributed by atoms with Crippen molar-refractivity contribution in [3.63, 3.8) is 0 Å². The van der Waals surface area contributed by atoms with Crippen molar-refractivity contribution in [1.29, 1.82) is 0 Å². The molecule has 1 amide bonds. The first kappa shape index (κ1) is 26.3. The van der Waals surface area contributed by atoms with Crippen molar-refractivity contribution in [2.24, 2.45) is 11.8 Å². The molecule has 194 valence electrons. The number of nitrogens with zero attached hydrogens (tertiary/aromatic N) is 3. The Bertz CT molecular complexity index is 1450. The first-order valence-electron chi connectivity index (χ1n) is 11.2. The van der Waals surface area contributed by atoms with Gasteiger partial charge in [0.2, 0.25) is 15.9 Å². The van der Waals surface area contributed by atoms with Crippen molar-refractivity contribution in [2.75, 3.05) is 18.4 Å². The van der Waals surface area contributed by atoms with E-state index in [0.717, 1.165) is 52.9 Å². The van der Waals surface area contributed by atoms with E-state index in [4.69, 9.17) is 0 Å². The monoisotopic (exact) mass is 542 g/mol. The van der Waals surface area contributed by atoms with Gasteiger partial charge in [0.15, 0.2) is 0 Å². The predicted molar refractivity (Wildman–Crippen MR) is 130 cm³/mol. The number of aromatic nitrogens is 2. The Morgan fingerprint density at radius 1 is 1.17 bits per heavy atom. The lowest BCUT2D eigenvalue weighted by molar-refractivity contribution is -0.137. The van der Waals surface area contributed by atoms with E-state index in [1.165, 1.54) is 4.31 Å². The molecule has 1 saturated heterocycles. The molecule has 0 radical (unpaired) electrons. The zero-order valence-electron chi connectivity index (χ0n) is 19.8. The summed E-state index contributed by atoms with van der Waals surface area (Å²) in [6.45, 7) is 5.81. The molecule has 1 N–H and O–H groups in total. The molecule has 0 unspecified atom stereocenters. The minimum Gasteiger partial charge on any atom is -0.325 e. The zero-order valence-corrected chi connectivity index (χ0v) is 21.4. The Balaban J connectivity index is 1.63. The van der Waals surface area contributed by atoms with Crippen LogP contribution in [0.3, 0.4) is 0 Å². The molecular formula is C23H25F3N4O4S2. The van der Waals surface area contributed by atoms with Crippen molar-refractivity contribution in [3.8, 4) is 0 Å². The van der Waals surface area contributed by atoms with Crippen LogP contribution in [0.2, 0.25) is 0 Å². The number of amides is 1. The van der Waals surface area contributed by atoms with Gasteiger partial charge in [-0.15, -0.1) is 11.3 Å². The van der Waals surface area contributed by atoms with Gasteiger partial charge in [-0.3, -0.25) is 14.2 Å². The maximum atomic E-state index is 13.6. The van der Waals surface area contributed by atoms with E-state index < -0.39 is 39.8 Å². The zero-order chi connectivity index (χ0) is 26.4. The lowest BCUT2D eigenvalue weighted by Crippen LogP contribution is -2.42. The van der Waals surface area contributed by atoms with E-state index in [-0.39, 0.29) is 32.6 Å². The van der Waals surface area contributed by atoms with Crippen LogP contribution in [-0.2, 0) is 27.5 Å². The summed E-state index contributed by atoms with van der Waals surface area (Å²) in [5.74, 6) is -0.317. The number of aryl methyl sites for hydroxylation is 1. The van der Waals surface area contributed by atoms with Crippen molar-refractivity contribution < 1.29 is 26.4 Å². The van der Waals surface area contributed by atoms with Crippen LogP contribution in [0.15, 0.2) is 40.3 Å². The maximum Gasteiger partial charge on any atom is 0.416 e. The molecule has 1 aliphatic rings. The summed E-state index contributed by atoms with van der Waals surface area (Å²) in [5, 5.41) is 2.38. The second-order valence-corrected chi connectivity index (χ2v) is 12.3. The van der Waals surface area contributed by atoms with E-state index in [0.29, 0.717) is 18.0 Å². The van der Waals surface area contributed by atoms with E-state index in [1.807, 2.05) is 13.8 Å². The fourth-order valence-electron chi connectivity index (χ4n) is 4.57. The van der Waals surface area contributed by atoms with Gasteiger partial charge in [0.1, 0.15) is 16.3 Å². The highest BCUT2D eigenvalue weighted by Crippen LogP contribution is 2.35. The third-order valence-electron chi connectivity index (χ3n) is 6.04. The Morgan fingerprint density at radius 3 is 2.36 bits per heavy atom. The topological polar surface area (TPSA) is 101 Å². The third-order valence-corrected chi connectivity index (χ3v) is 9.19. The molecule has 4 rings (SSSR count). The van der Waals surface area contributed by atoms with Gasteiger partial charge in [0.25, 0.3) is 5.56 Å². The Labute approximate surface area is 209 Å².